The van der Waals surface area contributed by atoms with Gasteiger partial charge in [-0.3, -0.25) is 4.79 Å². The molecular weight excluding hydrogens is 198 g/mol. The van der Waals surface area contributed by atoms with Crippen LogP contribution in [0.25, 0.3) is 0 Å². The van der Waals surface area contributed by atoms with Crippen LogP contribution in [0.15, 0.2) is 0 Å². The number of hydrogen-bond acceptors (Lipinski definition) is 2. The highest BCUT2D eigenvalue weighted by molar-refractivity contribution is 5.60. The molecule has 0 unspecified atom stereocenters. The van der Waals surface area contributed by atoms with Gasteiger partial charge in [0.05, 0.1) is 6.04 Å². The molecule has 0 heterocycles. The minimum Gasteiger partial charge on any atom is -0.321 e. The Morgan fingerprint density at radius 1 is 0.938 bits per heavy atom. The maximum Gasteiger partial charge on any atom is 0.217 e. The average Bonchev–Trinajstić information content (AvgIpc) is 2.29. The number of benzene rings is 1. The van der Waals surface area contributed by atoms with Gasteiger partial charge in [-0.2, -0.15) is 0 Å². The number of hydrogen-bond donors (Lipinski definition) is 1. The van der Waals surface area contributed by atoms with Gasteiger partial charge < -0.3 is 5.73 Å². The van der Waals surface area contributed by atoms with Crippen LogP contribution < -0.4 is 5.73 Å². The lowest BCUT2D eigenvalue weighted by Gasteiger charge is -2.19. The number of rotatable bonds is 3. The molecule has 1 atom stereocenters. The van der Waals surface area contributed by atoms with Gasteiger partial charge in [-0.05, 0) is 74.4 Å². The Morgan fingerprint density at radius 3 is 1.69 bits per heavy atom. The van der Waals surface area contributed by atoms with Crippen LogP contribution in [0.2, 0.25) is 0 Å². The zero-order valence-corrected chi connectivity index (χ0v) is 10.8. The third kappa shape index (κ3) is 2.17. The molecule has 0 saturated heterocycles. The molecule has 2 heteroatoms. The molecule has 0 spiro atoms. The highest BCUT2D eigenvalue weighted by atomic mass is 16.1. The largest absolute Gasteiger partial charge is 0.321 e. The molecule has 16 heavy (non-hydrogen) atoms. The van der Waals surface area contributed by atoms with Gasteiger partial charge in [-0.1, -0.05) is 0 Å². The van der Waals surface area contributed by atoms with Gasteiger partial charge in [-0.15, -0.1) is 0 Å². The molecule has 2 N–H and O–H groups in total. The maximum atomic E-state index is 10.5. The highest BCUT2D eigenvalue weighted by Gasteiger charge is 2.14. The fourth-order valence-corrected chi connectivity index (χ4v) is 2.15. The standard InChI is InChI=1S/C14H20NO/c1-8-9(2)11(4)14(6-13(15)7-16)12(5)10(8)3/h13H,6,15H2,1-5H3/t13-/m1/s1. The summed E-state index contributed by atoms with van der Waals surface area (Å²) in [7, 11) is 0. The number of nitrogens with two attached hydrogens (primary N) is 1. The lowest BCUT2D eigenvalue weighted by molar-refractivity contribution is 0.540. The zero-order chi connectivity index (χ0) is 12.5. The van der Waals surface area contributed by atoms with Crippen molar-refractivity contribution in [1.82, 2.24) is 0 Å². The monoisotopic (exact) mass is 218 g/mol. The Labute approximate surface area is 97.9 Å². The summed E-state index contributed by atoms with van der Waals surface area (Å²) in [5, 5.41) is 0. The molecule has 0 amide bonds. The molecular formula is C14H20NO. The topological polar surface area (TPSA) is 43.1 Å². The summed E-state index contributed by atoms with van der Waals surface area (Å²) in [6.07, 6.45) is 2.44. The summed E-state index contributed by atoms with van der Waals surface area (Å²) in [4.78, 5) is 10.5. The summed E-state index contributed by atoms with van der Waals surface area (Å²) >= 11 is 0. The molecule has 1 aromatic rings. The summed E-state index contributed by atoms with van der Waals surface area (Å²) in [5.74, 6) is 0. The molecule has 0 saturated carbocycles. The Kier molecular flexibility index (Phi) is 3.87. The van der Waals surface area contributed by atoms with E-state index in [-0.39, 0.29) is 0 Å². The van der Waals surface area contributed by atoms with E-state index in [0.29, 0.717) is 6.42 Å². The predicted octanol–water partition coefficient (Wildman–Crippen LogP) is 2.21. The van der Waals surface area contributed by atoms with Gasteiger partial charge in [-0.25, -0.2) is 0 Å². The minimum absolute atomic E-state index is 0.515. The van der Waals surface area contributed by atoms with E-state index in [1.165, 1.54) is 33.4 Å². The van der Waals surface area contributed by atoms with E-state index in [1.807, 2.05) is 6.29 Å². The minimum atomic E-state index is -0.515. The molecule has 1 radical (unpaired) electrons. The zero-order valence-electron chi connectivity index (χ0n) is 10.8. The molecule has 0 aliphatic rings. The summed E-state index contributed by atoms with van der Waals surface area (Å²) in [6, 6.07) is -0.515. The van der Waals surface area contributed by atoms with Crippen LogP contribution in [0.4, 0.5) is 0 Å². The van der Waals surface area contributed by atoms with E-state index in [9.17, 15) is 4.79 Å². The SMILES string of the molecule is Cc1c(C)c(C)c(C[C@@H](N)[C]=O)c(C)c1C. The first-order valence-corrected chi connectivity index (χ1v) is 5.59. The van der Waals surface area contributed by atoms with Crippen molar-refractivity contribution >= 4 is 6.29 Å². The van der Waals surface area contributed by atoms with Crippen molar-refractivity contribution in [3.05, 3.63) is 33.4 Å². The summed E-state index contributed by atoms with van der Waals surface area (Å²) in [6.45, 7) is 10.6. The molecule has 2 nitrogen and oxygen atoms in total. The van der Waals surface area contributed by atoms with E-state index in [1.54, 1.807) is 0 Å². The quantitative estimate of drug-likeness (QED) is 0.845. The lowest BCUT2D eigenvalue weighted by Crippen LogP contribution is -2.25. The second-order valence-electron chi connectivity index (χ2n) is 4.53. The van der Waals surface area contributed by atoms with Crippen LogP contribution in [-0.2, 0) is 11.2 Å². The third-order valence-corrected chi connectivity index (χ3v) is 3.73. The summed E-state index contributed by atoms with van der Waals surface area (Å²) < 4.78 is 0. The van der Waals surface area contributed by atoms with Gasteiger partial charge in [0.2, 0.25) is 6.29 Å². The van der Waals surface area contributed by atoms with E-state index >= 15 is 0 Å². The van der Waals surface area contributed by atoms with E-state index in [4.69, 9.17) is 5.73 Å². The van der Waals surface area contributed by atoms with Crippen LogP contribution in [0.5, 0.6) is 0 Å². The first kappa shape index (κ1) is 12.9. The van der Waals surface area contributed by atoms with Crippen molar-refractivity contribution < 1.29 is 4.79 Å². The van der Waals surface area contributed by atoms with Crippen LogP contribution in [0.3, 0.4) is 0 Å². The van der Waals surface area contributed by atoms with Crippen molar-refractivity contribution in [2.24, 2.45) is 5.73 Å². The van der Waals surface area contributed by atoms with Crippen LogP contribution in [-0.4, -0.2) is 12.3 Å². The second-order valence-corrected chi connectivity index (χ2v) is 4.53. The smallest absolute Gasteiger partial charge is 0.217 e. The molecule has 1 aromatic carbocycles. The molecule has 0 fully saturated rings. The van der Waals surface area contributed by atoms with Crippen molar-refractivity contribution in [1.29, 1.82) is 0 Å². The Morgan fingerprint density at radius 2 is 1.31 bits per heavy atom. The van der Waals surface area contributed by atoms with Crippen LogP contribution in [0.1, 0.15) is 33.4 Å². The van der Waals surface area contributed by atoms with Crippen molar-refractivity contribution in [2.45, 2.75) is 47.1 Å². The summed E-state index contributed by atoms with van der Waals surface area (Å²) in [5.41, 5.74) is 13.3. The average molecular weight is 218 g/mol. The van der Waals surface area contributed by atoms with Crippen LogP contribution in [0, 0.1) is 34.6 Å². The van der Waals surface area contributed by atoms with E-state index in [2.05, 4.69) is 34.6 Å². The highest BCUT2D eigenvalue weighted by Crippen LogP contribution is 2.26. The number of carbonyl (C=O) groups excluding carboxylic acids is 1. The van der Waals surface area contributed by atoms with Gasteiger partial charge in [0.1, 0.15) is 0 Å². The predicted molar refractivity (Wildman–Crippen MR) is 67.5 cm³/mol. The van der Waals surface area contributed by atoms with Crippen LogP contribution >= 0.6 is 0 Å². The fourth-order valence-electron chi connectivity index (χ4n) is 2.15. The van der Waals surface area contributed by atoms with Gasteiger partial charge in [0.25, 0.3) is 0 Å². The van der Waals surface area contributed by atoms with E-state index in [0.717, 1.165) is 0 Å². The Balaban J connectivity index is 3.33. The van der Waals surface area contributed by atoms with Crippen molar-refractivity contribution in [3.8, 4) is 0 Å². The molecule has 0 aromatic heterocycles. The first-order valence-electron chi connectivity index (χ1n) is 5.59. The van der Waals surface area contributed by atoms with Crippen molar-refractivity contribution in [2.75, 3.05) is 0 Å². The normalized spacial score (nSPS) is 12.6. The molecule has 87 valence electrons. The fraction of sp³-hybridized carbons (Fsp3) is 0.500. The Hall–Kier alpha value is -1.15. The molecule has 1 rings (SSSR count). The van der Waals surface area contributed by atoms with Gasteiger partial charge >= 0.3 is 0 Å². The second kappa shape index (κ2) is 4.79. The van der Waals surface area contributed by atoms with E-state index < -0.39 is 6.04 Å². The Bertz CT molecular complexity index is 392. The maximum absolute atomic E-state index is 10.5. The van der Waals surface area contributed by atoms with Gasteiger partial charge in [0.15, 0.2) is 0 Å². The molecule has 0 bridgehead atoms. The van der Waals surface area contributed by atoms with Crippen molar-refractivity contribution in [3.63, 3.8) is 0 Å². The third-order valence-electron chi connectivity index (χ3n) is 3.73. The van der Waals surface area contributed by atoms with Gasteiger partial charge in [0, 0.05) is 0 Å². The first-order chi connectivity index (χ1) is 7.40. The lowest BCUT2D eigenvalue weighted by atomic mass is 9.87. The molecule has 0 aliphatic heterocycles. The molecule has 0 aliphatic carbocycles.